The number of piperazine rings is 2. The topological polar surface area (TPSA) is 243 Å². The summed E-state index contributed by atoms with van der Waals surface area (Å²) in [7, 11) is 1.27. The summed E-state index contributed by atoms with van der Waals surface area (Å²) in [5.74, 6) is -0.499. The first kappa shape index (κ1) is 51.9. The molecule has 0 bridgehead atoms. The second-order valence-corrected chi connectivity index (χ2v) is 25.8. The van der Waals surface area contributed by atoms with Crippen LogP contribution >= 0.6 is 31.9 Å². The van der Waals surface area contributed by atoms with E-state index in [-0.39, 0.29) is 40.6 Å². The molecule has 26 heteroatoms. The lowest BCUT2D eigenvalue weighted by Crippen LogP contribution is -2.52. The Hall–Kier alpha value is -5.08. The van der Waals surface area contributed by atoms with E-state index in [1.165, 1.54) is 18.7 Å². The third-order valence-corrected chi connectivity index (χ3v) is 12.5. The minimum atomic E-state index is -1.32. The van der Waals surface area contributed by atoms with Crippen LogP contribution in [0, 0.1) is 0 Å². The van der Waals surface area contributed by atoms with Gasteiger partial charge in [0.1, 0.15) is 29.3 Å². The van der Waals surface area contributed by atoms with Crippen molar-refractivity contribution in [2.45, 2.75) is 98.0 Å². The molecule has 23 nitrogen and oxygen atoms in total. The van der Waals surface area contributed by atoms with Gasteiger partial charge < -0.3 is 48.3 Å². The number of hydrogen-bond acceptors (Lipinski definition) is 17. The quantitative estimate of drug-likeness (QED) is 0.0975. The van der Waals surface area contributed by atoms with Crippen LogP contribution in [0.5, 0.6) is 0 Å². The highest BCUT2D eigenvalue weighted by molar-refractivity contribution is 9.10. The van der Waals surface area contributed by atoms with Crippen LogP contribution < -0.4 is 20.9 Å². The highest BCUT2D eigenvalue weighted by atomic mass is 79.9. The largest absolute Gasteiger partial charge is 0.469 e. The van der Waals surface area contributed by atoms with Gasteiger partial charge in [-0.3, -0.25) is 23.7 Å². The van der Waals surface area contributed by atoms with Gasteiger partial charge in [0.15, 0.2) is 0 Å². The summed E-state index contributed by atoms with van der Waals surface area (Å²) in [6.45, 7) is 21.4. The van der Waals surface area contributed by atoms with Gasteiger partial charge in [-0.25, -0.2) is 9.59 Å². The van der Waals surface area contributed by atoms with Crippen LogP contribution in [0.15, 0.2) is 19.1 Å². The van der Waals surface area contributed by atoms with E-state index in [0.29, 0.717) is 81.7 Å². The lowest BCUT2D eigenvalue weighted by Gasteiger charge is -2.37. The molecule has 1 N–H and O–H groups in total. The summed E-state index contributed by atoms with van der Waals surface area (Å²) in [6, 6.07) is 0.964. The van der Waals surface area contributed by atoms with Crippen molar-refractivity contribution in [3.63, 3.8) is 0 Å². The van der Waals surface area contributed by atoms with Crippen molar-refractivity contribution >= 4 is 87.0 Å². The predicted molar refractivity (Wildman–Crippen MR) is 252 cm³/mol. The number of carbonyl (C=O) groups excluding carboxylic acids is 4. The van der Waals surface area contributed by atoms with Crippen LogP contribution in [-0.4, -0.2) is 165 Å². The zero-order valence-electron chi connectivity index (χ0n) is 39.4. The number of hydrogen-bond donors (Lipinski definition) is 1. The fraction of sp³-hybridized carbons (Fsp3) is 0.650. The Morgan fingerprint density at radius 1 is 0.682 bits per heavy atom. The van der Waals surface area contributed by atoms with E-state index in [2.05, 4.69) is 76.7 Å². The van der Waals surface area contributed by atoms with Gasteiger partial charge in [-0.1, -0.05) is 19.6 Å². The number of fused-ring (bicyclic) bond motifs is 2. The molecule has 0 atom stereocenters. The van der Waals surface area contributed by atoms with Crippen LogP contribution in [0.3, 0.4) is 0 Å². The molecular formula is C40H60Br2N12O11Si. The zero-order chi connectivity index (χ0) is 48.9. The monoisotopic (exact) mass is 1070 g/mol. The second-order valence-electron chi connectivity index (χ2n) is 18.8. The number of esters is 2. The van der Waals surface area contributed by atoms with E-state index in [0.717, 1.165) is 10.6 Å². The molecule has 2 fully saturated rings. The van der Waals surface area contributed by atoms with Gasteiger partial charge in [-0.2, -0.15) is 19.0 Å². The average Bonchev–Trinajstić information content (AvgIpc) is 3.81. The molecular weight excluding hydrogens is 1010 g/mol. The fourth-order valence-corrected chi connectivity index (χ4v) is 8.32. The summed E-state index contributed by atoms with van der Waals surface area (Å²) in [4.78, 5) is 94.2. The van der Waals surface area contributed by atoms with Crippen molar-refractivity contribution in [2.24, 2.45) is 0 Å². The molecule has 2 saturated heterocycles. The maximum Gasteiger partial charge on any atom is 0.410 e. The van der Waals surface area contributed by atoms with Crippen molar-refractivity contribution in [1.82, 2.24) is 48.5 Å². The summed E-state index contributed by atoms with van der Waals surface area (Å²) in [6.07, 6.45) is -1.05. The molecule has 4 aromatic rings. The van der Waals surface area contributed by atoms with Crippen molar-refractivity contribution in [1.29, 1.82) is 0 Å². The number of amides is 2. The van der Waals surface area contributed by atoms with Crippen molar-refractivity contribution in [2.75, 3.05) is 83.0 Å². The molecule has 6 heterocycles. The van der Waals surface area contributed by atoms with Crippen molar-refractivity contribution < 1.29 is 42.9 Å². The molecule has 4 aromatic heterocycles. The van der Waals surface area contributed by atoms with Crippen LogP contribution in [0.2, 0.25) is 25.7 Å². The van der Waals surface area contributed by atoms with E-state index in [1.807, 2.05) is 51.3 Å². The standard InChI is InChI=1S/C23H37BrN6O6Si.C17H23BrN6O5/c1-23(2,3)36-22(33)28-10-8-27(9-11-28)18-16(14-17(31)34-4)29(15-35-12-13-37(5,6)7)21-25-20(24)26-30(21)19(18)32;1-17(2,3)29-16(27)23-7-5-22(6-8-23)12-10(9-11(25)28-4)19-15-20-14(18)21-24(15)13(12)26/h8-15H2,1-7H3;5-9H2,1-4H3,(H,19,20,21). The maximum absolute atomic E-state index is 13.6. The molecule has 66 heavy (non-hydrogen) atoms. The Bertz CT molecular complexity index is 2530. The van der Waals surface area contributed by atoms with Crippen LogP contribution in [0.4, 0.5) is 21.0 Å². The smallest absolute Gasteiger partial charge is 0.410 e. The van der Waals surface area contributed by atoms with E-state index in [9.17, 15) is 28.8 Å². The molecule has 6 rings (SSSR count). The number of halogens is 2. The first-order valence-electron chi connectivity index (χ1n) is 21.3. The number of anilines is 2. The third-order valence-electron chi connectivity index (χ3n) is 10.1. The molecule has 2 aliphatic heterocycles. The van der Waals surface area contributed by atoms with Gasteiger partial charge in [0.05, 0.1) is 38.4 Å². The second kappa shape index (κ2) is 21.3. The molecule has 2 aliphatic rings. The molecule has 0 spiro atoms. The SMILES string of the molecule is COC(=O)Cc1[nH]c2nc(Br)nn2c(=O)c1N1CCN(C(=O)OC(C)(C)C)CC1.COC(=O)Cc1c(N2CCN(C(=O)OC(C)(C)C)CC2)c(=O)n2nc(Br)nc2n1COCC[Si](C)(C)C. The number of rotatable bonds is 11. The number of nitrogens with one attached hydrogen (secondary N) is 1. The Kier molecular flexibility index (Phi) is 16.7. The number of ether oxygens (including phenoxy) is 5. The highest BCUT2D eigenvalue weighted by Gasteiger charge is 2.32. The number of nitrogens with zero attached hydrogens (tertiary/aromatic N) is 11. The molecule has 0 unspecified atom stereocenters. The average molecular weight is 1070 g/mol. The van der Waals surface area contributed by atoms with Crippen molar-refractivity contribution in [3.05, 3.63) is 41.6 Å². The Balaban J connectivity index is 0.000000255. The Labute approximate surface area is 399 Å². The first-order chi connectivity index (χ1) is 30.8. The number of carbonyl (C=O) groups is 4. The first-order valence-corrected chi connectivity index (χ1v) is 26.6. The molecule has 0 aromatic carbocycles. The van der Waals surface area contributed by atoms with Crippen LogP contribution in [0.25, 0.3) is 11.6 Å². The summed E-state index contributed by atoms with van der Waals surface area (Å²) >= 11 is 6.42. The van der Waals surface area contributed by atoms with E-state index in [4.69, 9.17) is 23.7 Å². The third kappa shape index (κ3) is 13.5. The molecule has 0 aliphatic carbocycles. The number of methoxy groups -OCH3 is 2. The van der Waals surface area contributed by atoms with E-state index >= 15 is 0 Å². The number of aromatic amines is 1. The lowest BCUT2D eigenvalue weighted by molar-refractivity contribution is -0.140. The van der Waals surface area contributed by atoms with Gasteiger partial charge in [-0.05, 0) is 79.4 Å². The molecule has 364 valence electrons. The molecule has 2 amide bonds. The Morgan fingerprint density at radius 2 is 1.15 bits per heavy atom. The Morgan fingerprint density at radius 3 is 1.65 bits per heavy atom. The van der Waals surface area contributed by atoms with E-state index in [1.54, 1.807) is 14.4 Å². The van der Waals surface area contributed by atoms with Crippen LogP contribution in [-0.2, 0) is 52.8 Å². The lowest BCUT2D eigenvalue weighted by atomic mass is 10.2. The van der Waals surface area contributed by atoms with Gasteiger partial charge in [-0.15, -0.1) is 10.2 Å². The van der Waals surface area contributed by atoms with Crippen molar-refractivity contribution in [3.8, 4) is 0 Å². The number of aromatic nitrogens is 8. The van der Waals surface area contributed by atoms with Gasteiger partial charge >= 0.3 is 24.1 Å². The summed E-state index contributed by atoms with van der Waals surface area (Å²) in [5, 5.41) is 8.28. The van der Waals surface area contributed by atoms with Gasteiger partial charge in [0.25, 0.3) is 11.1 Å². The minimum Gasteiger partial charge on any atom is -0.469 e. The van der Waals surface area contributed by atoms with Gasteiger partial charge in [0.2, 0.25) is 21.0 Å². The summed E-state index contributed by atoms with van der Waals surface area (Å²) < 4.78 is 31.1. The zero-order valence-corrected chi connectivity index (χ0v) is 43.5. The van der Waals surface area contributed by atoms with Crippen LogP contribution in [0.1, 0.15) is 52.9 Å². The molecule has 0 radical (unpaired) electrons. The predicted octanol–water partition coefficient (Wildman–Crippen LogP) is 3.69. The van der Waals surface area contributed by atoms with Gasteiger partial charge in [0, 0.05) is 67.0 Å². The van der Waals surface area contributed by atoms with E-state index < -0.39 is 54.5 Å². The maximum atomic E-state index is 13.6. The fourth-order valence-electron chi connectivity index (χ4n) is 6.92. The molecule has 0 saturated carbocycles. The minimum absolute atomic E-state index is 0.0938. The normalized spacial score (nSPS) is 14.9. The highest BCUT2D eigenvalue weighted by Crippen LogP contribution is 2.24. The number of H-pyrrole nitrogens is 1. The summed E-state index contributed by atoms with van der Waals surface area (Å²) in [5.41, 5.74) is -0.543.